The van der Waals surface area contributed by atoms with Crippen molar-refractivity contribution in [1.29, 1.82) is 0 Å². The Balaban J connectivity index is 1.45. The zero-order valence-electron chi connectivity index (χ0n) is 15.5. The molecule has 0 amide bonds. The monoisotopic (exact) mass is 349 g/mol. The molecule has 4 aromatic rings. The highest BCUT2D eigenvalue weighted by molar-refractivity contribution is 5.68. The summed E-state index contributed by atoms with van der Waals surface area (Å²) in [4.78, 5) is 0. The van der Waals surface area contributed by atoms with Crippen LogP contribution in [-0.2, 0) is 0 Å². The molecule has 0 spiro atoms. The first-order valence-corrected chi connectivity index (χ1v) is 9.37. The first-order chi connectivity index (χ1) is 13.3. The van der Waals surface area contributed by atoms with Gasteiger partial charge in [0.1, 0.15) is 0 Å². The van der Waals surface area contributed by atoms with E-state index >= 15 is 0 Å². The van der Waals surface area contributed by atoms with E-state index in [0.29, 0.717) is 5.92 Å². The maximum Gasteiger partial charge on any atom is 0.0384 e. The molecule has 1 heteroatoms. The molecule has 0 radical (unpaired) electrons. The van der Waals surface area contributed by atoms with Crippen molar-refractivity contribution in [1.82, 2.24) is 0 Å². The van der Waals surface area contributed by atoms with Crippen LogP contribution in [0.15, 0.2) is 109 Å². The minimum atomic E-state index is 0.394. The summed E-state index contributed by atoms with van der Waals surface area (Å²) in [5, 5.41) is 3.49. The normalized spacial score (nSPS) is 11.7. The predicted molar refractivity (Wildman–Crippen MR) is 116 cm³/mol. The van der Waals surface area contributed by atoms with Crippen molar-refractivity contribution >= 4 is 11.4 Å². The lowest BCUT2D eigenvalue weighted by Crippen LogP contribution is -1.96. The summed E-state index contributed by atoms with van der Waals surface area (Å²) in [6.45, 7) is 2.25. The summed E-state index contributed by atoms with van der Waals surface area (Å²) < 4.78 is 0. The Morgan fingerprint density at radius 2 is 0.926 bits per heavy atom. The van der Waals surface area contributed by atoms with Crippen LogP contribution >= 0.6 is 0 Å². The van der Waals surface area contributed by atoms with E-state index in [1.54, 1.807) is 0 Å². The highest BCUT2D eigenvalue weighted by Crippen LogP contribution is 2.27. The van der Waals surface area contributed by atoms with Gasteiger partial charge in [0.2, 0.25) is 0 Å². The maximum atomic E-state index is 3.49. The second-order valence-electron chi connectivity index (χ2n) is 6.82. The molecule has 0 aliphatic heterocycles. The van der Waals surface area contributed by atoms with Crippen LogP contribution in [0.2, 0.25) is 0 Å². The third kappa shape index (κ3) is 4.09. The summed E-state index contributed by atoms with van der Waals surface area (Å²) in [5.41, 5.74) is 7.34. The van der Waals surface area contributed by atoms with Gasteiger partial charge in [-0.2, -0.15) is 0 Å². The van der Waals surface area contributed by atoms with Crippen molar-refractivity contribution in [2.45, 2.75) is 12.8 Å². The van der Waals surface area contributed by atoms with E-state index in [0.717, 1.165) is 11.4 Å². The van der Waals surface area contributed by atoms with Crippen LogP contribution in [0, 0.1) is 0 Å². The van der Waals surface area contributed by atoms with Gasteiger partial charge < -0.3 is 5.32 Å². The molecule has 0 bridgehead atoms. The summed E-state index contributed by atoms with van der Waals surface area (Å²) >= 11 is 0. The minimum Gasteiger partial charge on any atom is -0.356 e. The Labute approximate surface area is 161 Å². The summed E-state index contributed by atoms with van der Waals surface area (Å²) in [6.07, 6.45) is 0. The standard InChI is InChI=1S/C26H23N/c1-20(21-8-4-2-5-9-21)22-12-16-25(17-13-22)27-26-18-14-24(15-19-26)23-10-6-3-7-11-23/h2-20,27H,1H3. The molecule has 4 rings (SSSR count). The molecule has 1 atom stereocenters. The number of nitrogens with one attached hydrogen (secondary N) is 1. The topological polar surface area (TPSA) is 12.0 Å². The second-order valence-corrected chi connectivity index (χ2v) is 6.82. The Bertz CT molecular complexity index is 972. The number of hydrogen-bond donors (Lipinski definition) is 1. The van der Waals surface area contributed by atoms with Crippen molar-refractivity contribution in [3.8, 4) is 11.1 Å². The van der Waals surface area contributed by atoms with E-state index in [9.17, 15) is 0 Å². The highest BCUT2D eigenvalue weighted by Gasteiger charge is 2.07. The Hall–Kier alpha value is -3.32. The van der Waals surface area contributed by atoms with Crippen molar-refractivity contribution in [2.24, 2.45) is 0 Å². The van der Waals surface area contributed by atoms with Gasteiger partial charge in [-0.25, -0.2) is 0 Å². The smallest absolute Gasteiger partial charge is 0.0384 e. The van der Waals surface area contributed by atoms with Gasteiger partial charge in [-0.15, -0.1) is 0 Å². The van der Waals surface area contributed by atoms with Crippen LogP contribution in [0.5, 0.6) is 0 Å². The zero-order valence-corrected chi connectivity index (χ0v) is 15.5. The molecule has 0 aliphatic carbocycles. The van der Waals surface area contributed by atoms with Gasteiger partial charge >= 0.3 is 0 Å². The van der Waals surface area contributed by atoms with Crippen LogP contribution in [0.3, 0.4) is 0 Å². The molecule has 27 heavy (non-hydrogen) atoms. The minimum absolute atomic E-state index is 0.394. The first kappa shape index (κ1) is 17.1. The van der Waals surface area contributed by atoms with Crippen LogP contribution < -0.4 is 5.32 Å². The van der Waals surface area contributed by atoms with Crippen LogP contribution in [0.25, 0.3) is 11.1 Å². The Kier molecular flexibility index (Phi) is 5.02. The van der Waals surface area contributed by atoms with Crippen molar-refractivity contribution < 1.29 is 0 Å². The van der Waals surface area contributed by atoms with E-state index in [1.807, 2.05) is 6.07 Å². The van der Waals surface area contributed by atoms with Gasteiger partial charge in [-0.1, -0.05) is 91.9 Å². The largest absolute Gasteiger partial charge is 0.356 e. The van der Waals surface area contributed by atoms with E-state index < -0.39 is 0 Å². The van der Waals surface area contributed by atoms with Gasteiger partial charge in [0.25, 0.3) is 0 Å². The van der Waals surface area contributed by atoms with Gasteiger partial charge in [0.15, 0.2) is 0 Å². The molecule has 1 nitrogen and oxygen atoms in total. The molecule has 0 aliphatic rings. The van der Waals surface area contributed by atoms with Crippen molar-refractivity contribution in [3.05, 3.63) is 120 Å². The van der Waals surface area contributed by atoms with E-state index in [-0.39, 0.29) is 0 Å². The predicted octanol–water partition coefficient (Wildman–Crippen LogP) is 7.25. The molecule has 0 heterocycles. The molecule has 1 unspecified atom stereocenters. The molecule has 132 valence electrons. The van der Waals surface area contributed by atoms with Crippen LogP contribution in [-0.4, -0.2) is 0 Å². The fourth-order valence-electron chi connectivity index (χ4n) is 3.33. The second kappa shape index (κ2) is 7.92. The van der Waals surface area contributed by atoms with Gasteiger partial charge in [-0.05, 0) is 46.5 Å². The maximum absolute atomic E-state index is 3.49. The van der Waals surface area contributed by atoms with Gasteiger partial charge in [0.05, 0.1) is 0 Å². The molecule has 1 N–H and O–H groups in total. The number of anilines is 2. The van der Waals surface area contributed by atoms with E-state index in [4.69, 9.17) is 0 Å². The average molecular weight is 349 g/mol. The third-order valence-corrected chi connectivity index (χ3v) is 4.99. The van der Waals surface area contributed by atoms with Crippen molar-refractivity contribution in [3.63, 3.8) is 0 Å². The lowest BCUT2D eigenvalue weighted by Gasteiger charge is -2.14. The molecular weight excluding hydrogens is 326 g/mol. The average Bonchev–Trinajstić information content (AvgIpc) is 2.76. The fraction of sp³-hybridized carbons (Fsp3) is 0.0769. The van der Waals surface area contributed by atoms with E-state index in [2.05, 4.69) is 115 Å². The number of hydrogen-bond acceptors (Lipinski definition) is 1. The van der Waals surface area contributed by atoms with E-state index in [1.165, 1.54) is 22.3 Å². The molecule has 4 aromatic carbocycles. The fourth-order valence-corrected chi connectivity index (χ4v) is 3.33. The lowest BCUT2D eigenvalue weighted by molar-refractivity contribution is 0.923. The van der Waals surface area contributed by atoms with Crippen LogP contribution in [0.4, 0.5) is 11.4 Å². The summed E-state index contributed by atoms with van der Waals surface area (Å²) in [7, 11) is 0. The zero-order chi connectivity index (χ0) is 18.5. The number of rotatable bonds is 5. The van der Waals surface area contributed by atoms with Gasteiger partial charge in [0, 0.05) is 17.3 Å². The summed E-state index contributed by atoms with van der Waals surface area (Å²) in [6, 6.07) is 38.4. The molecule has 0 fully saturated rings. The highest BCUT2D eigenvalue weighted by atomic mass is 14.9. The SMILES string of the molecule is CC(c1ccccc1)c1ccc(Nc2ccc(-c3ccccc3)cc2)cc1. The van der Waals surface area contributed by atoms with Gasteiger partial charge in [-0.3, -0.25) is 0 Å². The quantitative estimate of drug-likeness (QED) is 0.400. The third-order valence-electron chi connectivity index (χ3n) is 4.99. The Morgan fingerprint density at radius 1 is 0.481 bits per heavy atom. The van der Waals surface area contributed by atoms with Crippen LogP contribution in [0.1, 0.15) is 24.0 Å². The molecule has 0 saturated carbocycles. The Morgan fingerprint density at radius 3 is 1.52 bits per heavy atom. The molecule has 0 aromatic heterocycles. The first-order valence-electron chi connectivity index (χ1n) is 9.37. The number of benzene rings is 4. The van der Waals surface area contributed by atoms with Crippen molar-refractivity contribution in [2.75, 3.05) is 5.32 Å². The summed E-state index contributed by atoms with van der Waals surface area (Å²) in [5.74, 6) is 0.394. The lowest BCUT2D eigenvalue weighted by atomic mass is 9.93. The molecular formula is C26H23N. The molecule has 0 saturated heterocycles.